The van der Waals surface area contributed by atoms with Crippen LogP contribution in [0.2, 0.25) is 0 Å². The molecule has 0 saturated carbocycles. The molecule has 1 amide bonds. The number of aromatic nitrogens is 1. The number of amides is 1. The minimum atomic E-state index is -0.109. The van der Waals surface area contributed by atoms with E-state index in [-0.39, 0.29) is 11.8 Å². The lowest BCUT2D eigenvalue weighted by molar-refractivity contribution is -0.135. The molecular formula is C15H23N3O. The molecule has 1 unspecified atom stereocenters. The molecule has 1 saturated heterocycles. The Kier molecular flexibility index (Phi) is 5.33. The van der Waals surface area contributed by atoms with Gasteiger partial charge in [-0.3, -0.25) is 9.78 Å². The van der Waals surface area contributed by atoms with Gasteiger partial charge in [0, 0.05) is 32.0 Å². The summed E-state index contributed by atoms with van der Waals surface area (Å²) in [5.74, 6) is 0.107. The molecule has 1 atom stereocenters. The van der Waals surface area contributed by atoms with E-state index >= 15 is 0 Å². The predicted octanol–water partition coefficient (Wildman–Crippen LogP) is 1.60. The van der Waals surface area contributed by atoms with E-state index in [2.05, 4.69) is 4.98 Å². The Balaban J connectivity index is 1.98. The molecule has 2 N–H and O–H groups in total. The molecule has 0 aliphatic carbocycles. The molecule has 1 aromatic heterocycles. The van der Waals surface area contributed by atoms with Crippen LogP contribution in [0.4, 0.5) is 0 Å². The maximum Gasteiger partial charge on any atom is 0.227 e. The molecule has 0 bridgehead atoms. The minimum absolute atomic E-state index is 0.109. The van der Waals surface area contributed by atoms with Crippen molar-refractivity contribution in [3.8, 4) is 0 Å². The van der Waals surface area contributed by atoms with Crippen molar-refractivity contribution < 1.29 is 4.79 Å². The Morgan fingerprint density at radius 2 is 2.05 bits per heavy atom. The largest absolute Gasteiger partial charge is 0.342 e. The molecule has 2 heterocycles. The van der Waals surface area contributed by atoms with E-state index in [0.717, 1.165) is 31.5 Å². The highest BCUT2D eigenvalue weighted by atomic mass is 16.2. The lowest BCUT2D eigenvalue weighted by atomic mass is 9.99. The molecule has 4 nitrogen and oxygen atoms in total. The van der Waals surface area contributed by atoms with Crippen LogP contribution in [0.3, 0.4) is 0 Å². The van der Waals surface area contributed by atoms with Crippen LogP contribution >= 0.6 is 0 Å². The topological polar surface area (TPSA) is 59.2 Å². The van der Waals surface area contributed by atoms with E-state index in [1.165, 1.54) is 12.8 Å². The van der Waals surface area contributed by atoms with Gasteiger partial charge in [-0.2, -0.15) is 0 Å². The SMILES string of the molecule is NCC(Cc1cccnc1)C(=O)N1CCCCCC1. The highest BCUT2D eigenvalue weighted by Gasteiger charge is 2.24. The zero-order valence-corrected chi connectivity index (χ0v) is 11.4. The van der Waals surface area contributed by atoms with Crippen LogP contribution in [-0.2, 0) is 11.2 Å². The van der Waals surface area contributed by atoms with Crippen LogP contribution in [0.15, 0.2) is 24.5 Å². The summed E-state index contributed by atoms with van der Waals surface area (Å²) in [5.41, 5.74) is 6.88. The normalized spacial score (nSPS) is 17.8. The maximum absolute atomic E-state index is 12.5. The minimum Gasteiger partial charge on any atom is -0.342 e. The van der Waals surface area contributed by atoms with Crippen molar-refractivity contribution in [2.45, 2.75) is 32.1 Å². The average molecular weight is 261 g/mol. The van der Waals surface area contributed by atoms with E-state index in [4.69, 9.17) is 5.73 Å². The monoisotopic (exact) mass is 261 g/mol. The van der Waals surface area contributed by atoms with Crippen LogP contribution in [-0.4, -0.2) is 35.4 Å². The Labute approximate surface area is 115 Å². The molecule has 4 heteroatoms. The quantitative estimate of drug-likeness (QED) is 0.895. The second-order valence-corrected chi connectivity index (χ2v) is 5.24. The average Bonchev–Trinajstić information content (AvgIpc) is 2.74. The van der Waals surface area contributed by atoms with E-state index in [0.29, 0.717) is 13.0 Å². The van der Waals surface area contributed by atoms with Gasteiger partial charge >= 0.3 is 0 Å². The van der Waals surface area contributed by atoms with E-state index < -0.39 is 0 Å². The van der Waals surface area contributed by atoms with Crippen LogP contribution in [0.5, 0.6) is 0 Å². The molecule has 1 aromatic rings. The van der Waals surface area contributed by atoms with Crippen molar-refractivity contribution in [1.82, 2.24) is 9.88 Å². The summed E-state index contributed by atoms with van der Waals surface area (Å²) in [7, 11) is 0. The van der Waals surface area contributed by atoms with Gasteiger partial charge in [-0.05, 0) is 30.9 Å². The molecule has 2 rings (SSSR count). The highest BCUT2D eigenvalue weighted by molar-refractivity contribution is 5.79. The number of rotatable bonds is 4. The Bertz CT molecular complexity index is 386. The first-order chi connectivity index (χ1) is 9.31. The van der Waals surface area contributed by atoms with Crippen molar-refractivity contribution in [2.24, 2.45) is 11.7 Å². The Hall–Kier alpha value is -1.42. The summed E-state index contributed by atoms with van der Waals surface area (Å²) in [6.45, 7) is 2.19. The van der Waals surface area contributed by atoms with Gasteiger partial charge in [0.25, 0.3) is 0 Å². The number of carbonyl (C=O) groups excluding carboxylic acids is 1. The van der Waals surface area contributed by atoms with Gasteiger partial charge in [0.1, 0.15) is 0 Å². The van der Waals surface area contributed by atoms with E-state index in [1.807, 2.05) is 23.2 Å². The van der Waals surface area contributed by atoms with Crippen LogP contribution < -0.4 is 5.73 Å². The van der Waals surface area contributed by atoms with Crippen LogP contribution in [0.1, 0.15) is 31.2 Å². The summed E-state index contributed by atoms with van der Waals surface area (Å²) < 4.78 is 0. The number of nitrogens with two attached hydrogens (primary N) is 1. The Morgan fingerprint density at radius 1 is 1.32 bits per heavy atom. The number of carbonyl (C=O) groups is 1. The van der Waals surface area contributed by atoms with Gasteiger partial charge in [-0.15, -0.1) is 0 Å². The van der Waals surface area contributed by atoms with Gasteiger partial charge in [0.05, 0.1) is 5.92 Å². The van der Waals surface area contributed by atoms with Crippen molar-refractivity contribution in [3.05, 3.63) is 30.1 Å². The summed E-state index contributed by atoms with van der Waals surface area (Å²) in [5, 5.41) is 0. The Morgan fingerprint density at radius 3 is 2.63 bits per heavy atom. The number of pyridine rings is 1. The molecule has 104 valence electrons. The number of nitrogens with zero attached hydrogens (tertiary/aromatic N) is 2. The molecule has 19 heavy (non-hydrogen) atoms. The molecule has 1 fully saturated rings. The molecule has 1 aliphatic rings. The van der Waals surface area contributed by atoms with Gasteiger partial charge in [-0.25, -0.2) is 0 Å². The van der Waals surface area contributed by atoms with Crippen LogP contribution in [0, 0.1) is 5.92 Å². The first kappa shape index (κ1) is 14.0. The second-order valence-electron chi connectivity index (χ2n) is 5.24. The zero-order valence-electron chi connectivity index (χ0n) is 11.4. The molecule has 1 aliphatic heterocycles. The summed E-state index contributed by atoms with van der Waals surface area (Å²) in [6, 6.07) is 3.91. The molecular weight excluding hydrogens is 238 g/mol. The molecule has 0 spiro atoms. The van der Waals surface area contributed by atoms with Crippen molar-refractivity contribution in [1.29, 1.82) is 0 Å². The number of hydrogen-bond donors (Lipinski definition) is 1. The predicted molar refractivity (Wildman–Crippen MR) is 75.5 cm³/mol. The van der Waals surface area contributed by atoms with E-state index in [1.54, 1.807) is 6.20 Å². The highest BCUT2D eigenvalue weighted by Crippen LogP contribution is 2.15. The van der Waals surface area contributed by atoms with Crippen LogP contribution in [0.25, 0.3) is 0 Å². The standard InChI is InChI=1S/C15H23N3O/c16-11-14(10-13-6-5-7-17-12-13)15(19)18-8-3-1-2-4-9-18/h5-7,12,14H,1-4,8-11,16H2. The number of likely N-dealkylation sites (tertiary alicyclic amines) is 1. The first-order valence-corrected chi connectivity index (χ1v) is 7.19. The van der Waals surface area contributed by atoms with E-state index in [9.17, 15) is 4.79 Å². The summed E-state index contributed by atoms with van der Waals surface area (Å²) >= 11 is 0. The summed E-state index contributed by atoms with van der Waals surface area (Å²) in [6.07, 6.45) is 8.97. The fourth-order valence-electron chi connectivity index (χ4n) is 2.62. The van der Waals surface area contributed by atoms with Gasteiger partial charge in [-0.1, -0.05) is 18.9 Å². The number of hydrogen-bond acceptors (Lipinski definition) is 3. The second kappa shape index (κ2) is 7.24. The first-order valence-electron chi connectivity index (χ1n) is 7.19. The lowest BCUT2D eigenvalue weighted by Crippen LogP contribution is -2.40. The van der Waals surface area contributed by atoms with Gasteiger partial charge in [0.15, 0.2) is 0 Å². The fourth-order valence-corrected chi connectivity index (χ4v) is 2.62. The van der Waals surface area contributed by atoms with Crippen molar-refractivity contribution in [2.75, 3.05) is 19.6 Å². The summed E-state index contributed by atoms with van der Waals surface area (Å²) in [4.78, 5) is 18.6. The zero-order chi connectivity index (χ0) is 13.5. The fraction of sp³-hybridized carbons (Fsp3) is 0.600. The van der Waals surface area contributed by atoms with Gasteiger partial charge < -0.3 is 10.6 Å². The van der Waals surface area contributed by atoms with Gasteiger partial charge in [0.2, 0.25) is 5.91 Å². The molecule has 0 aromatic carbocycles. The third-order valence-corrected chi connectivity index (χ3v) is 3.76. The maximum atomic E-state index is 12.5. The third-order valence-electron chi connectivity index (χ3n) is 3.76. The van der Waals surface area contributed by atoms with Crippen molar-refractivity contribution in [3.63, 3.8) is 0 Å². The van der Waals surface area contributed by atoms with Crippen molar-refractivity contribution >= 4 is 5.91 Å². The smallest absolute Gasteiger partial charge is 0.227 e. The third kappa shape index (κ3) is 4.03. The molecule has 0 radical (unpaired) electrons. The lowest BCUT2D eigenvalue weighted by Gasteiger charge is -2.25.